The predicted molar refractivity (Wildman–Crippen MR) is 83.1 cm³/mol. The number of nitrogens with zero attached hydrogens (tertiary/aromatic N) is 4. The minimum Gasteiger partial charge on any atom is -0.349 e. The Morgan fingerprint density at radius 2 is 2.30 bits per heavy atom. The van der Waals surface area contributed by atoms with Crippen LogP contribution in [-0.2, 0) is 13.0 Å². The topological polar surface area (TPSA) is 85.8 Å². The number of aromatic nitrogens is 4. The lowest BCUT2D eigenvalue weighted by molar-refractivity contribution is 0.0932. The van der Waals surface area contributed by atoms with Gasteiger partial charge in [-0.15, -0.1) is 0 Å². The third kappa shape index (κ3) is 2.38. The maximum atomic E-state index is 12.7. The molecule has 1 atom stereocenters. The van der Waals surface area contributed by atoms with E-state index in [0.29, 0.717) is 22.4 Å². The summed E-state index contributed by atoms with van der Waals surface area (Å²) in [5.74, 6) is -0.107. The van der Waals surface area contributed by atoms with Crippen molar-refractivity contribution >= 4 is 17.0 Å². The van der Waals surface area contributed by atoms with Crippen molar-refractivity contribution in [3.05, 3.63) is 41.2 Å². The van der Waals surface area contributed by atoms with Crippen LogP contribution in [0.3, 0.4) is 0 Å². The minimum absolute atomic E-state index is 0.107. The fourth-order valence-corrected chi connectivity index (χ4v) is 3.15. The molecule has 4 heterocycles. The van der Waals surface area contributed by atoms with Gasteiger partial charge in [0.25, 0.3) is 11.6 Å². The highest BCUT2D eigenvalue weighted by molar-refractivity contribution is 6.06. The SMILES string of the molecule is Cc1cc(C(=O)NC2CCn3cncc3C2)c2c(C)noc2n1. The Balaban J connectivity index is 1.62. The van der Waals surface area contributed by atoms with Crippen molar-refractivity contribution in [1.82, 2.24) is 25.0 Å². The maximum absolute atomic E-state index is 12.7. The molecule has 0 aliphatic carbocycles. The van der Waals surface area contributed by atoms with Crippen LogP contribution in [0.5, 0.6) is 0 Å². The lowest BCUT2D eigenvalue weighted by Gasteiger charge is -2.24. The number of aryl methyl sites for hydroxylation is 3. The van der Waals surface area contributed by atoms with Crippen LogP contribution >= 0.6 is 0 Å². The van der Waals surface area contributed by atoms with Crippen molar-refractivity contribution in [2.45, 2.75) is 39.3 Å². The Labute approximate surface area is 132 Å². The van der Waals surface area contributed by atoms with Gasteiger partial charge in [0.1, 0.15) is 0 Å². The molecule has 0 radical (unpaired) electrons. The second-order valence-electron chi connectivity index (χ2n) is 6.00. The molecule has 0 spiro atoms. The normalized spacial score (nSPS) is 17.2. The molecule has 1 amide bonds. The van der Waals surface area contributed by atoms with Gasteiger partial charge in [0, 0.05) is 36.6 Å². The van der Waals surface area contributed by atoms with Crippen LogP contribution in [0.25, 0.3) is 11.1 Å². The summed E-state index contributed by atoms with van der Waals surface area (Å²) in [5.41, 5.74) is 3.55. The van der Waals surface area contributed by atoms with Gasteiger partial charge in [-0.1, -0.05) is 5.16 Å². The number of hydrogen-bond donors (Lipinski definition) is 1. The number of nitrogens with one attached hydrogen (secondary N) is 1. The molecule has 7 nitrogen and oxygen atoms in total. The van der Waals surface area contributed by atoms with Crippen LogP contribution in [0.4, 0.5) is 0 Å². The van der Waals surface area contributed by atoms with Gasteiger partial charge >= 0.3 is 0 Å². The number of pyridine rings is 1. The first-order valence-corrected chi connectivity index (χ1v) is 7.65. The van der Waals surface area contributed by atoms with Crippen LogP contribution in [0.2, 0.25) is 0 Å². The summed E-state index contributed by atoms with van der Waals surface area (Å²) in [6.45, 7) is 4.53. The zero-order valence-corrected chi connectivity index (χ0v) is 13.0. The monoisotopic (exact) mass is 311 g/mol. The Morgan fingerprint density at radius 1 is 1.43 bits per heavy atom. The van der Waals surface area contributed by atoms with Crippen molar-refractivity contribution in [1.29, 1.82) is 0 Å². The largest absolute Gasteiger partial charge is 0.349 e. The Bertz CT molecular complexity index is 895. The lowest BCUT2D eigenvalue weighted by atomic mass is 10.0. The number of carbonyl (C=O) groups is 1. The molecule has 4 rings (SSSR count). The molecule has 0 bridgehead atoms. The Kier molecular flexibility index (Phi) is 3.14. The lowest BCUT2D eigenvalue weighted by Crippen LogP contribution is -2.40. The van der Waals surface area contributed by atoms with E-state index >= 15 is 0 Å². The van der Waals surface area contributed by atoms with Gasteiger partial charge in [-0.2, -0.15) is 0 Å². The van der Waals surface area contributed by atoms with Gasteiger partial charge in [-0.05, 0) is 26.3 Å². The average Bonchev–Trinajstić information content (AvgIpc) is 3.13. The van der Waals surface area contributed by atoms with Gasteiger partial charge < -0.3 is 14.4 Å². The van der Waals surface area contributed by atoms with E-state index in [1.807, 2.05) is 26.4 Å². The summed E-state index contributed by atoms with van der Waals surface area (Å²) in [6.07, 6.45) is 5.38. The second kappa shape index (κ2) is 5.19. The van der Waals surface area contributed by atoms with Crippen molar-refractivity contribution in [3.63, 3.8) is 0 Å². The van der Waals surface area contributed by atoms with Gasteiger partial charge in [0.05, 0.1) is 23.0 Å². The summed E-state index contributed by atoms with van der Waals surface area (Å²) < 4.78 is 7.32. The number of hydrogen-bond acceptors (Lipinski definition) is 5. The maximum Gasteiger partial charge on any atom is 0.258 e. The van der Waals surface area contributed by atoms with Crippen molar-refractivity contribution in [2.75, 3.05) is 0 Å². The highest BCUT2D eigenvalue weighted by atomic mass is 16.5. The van der Waals surface area contributed by atoms with Crippen LogP contribution in [0.1, 0.15) is 33.9 Å². The zero-order valence-electron chi connectivity index (χ0n) is 13.0. The van der Waals surface area contributed by atoms with Crippen LogP contribution < -0.4 is 5.32 Å². The quantitative estimate of drug-likeness (QED) is 0.779. The standard InChI is InChI=1S/C16H17N5O2/c1-9-5-13(14-10(2)20-23-16(14)18-9)15(22)19-11-3-4-21-8-17-7-12(21)6-11/h5,7-8,11H,3-4,6H2,1-2H3,(H,19,22). The summed E-state index contributed by atoms with van der Waals surface area (Å²) in [6, 6.07) is 1.89. The summed E-state index contributed by atoms with van der Waals surface area (Å²) >= 11 is 0. The third-order valence-electron chi connectivity index (χ3n) is 4.30. The number of amides is 1. The van der Waals surface area contributed by atoms with Gasteiger partial charge in [0.2, 0.25) is 0 Å². The van der Waals surface area contributed by atoms with Gasteiger partial charge in [0.15, 0.2) is 0 Å². The Morgan fingerprint density at radius 3 is 3.17 bits per heavy atom. The van der Waals surface area contributed by atoms with E-state index < -0.39 is 0 Å². The first-order valence-electron chi connectivity index (χ1n) is 7.65. The summed E-state index contributed by atoms with van der Waals surface area (Å²) in [5, 5.41) is 7.73. The molecule has 118 valence electrons. The number of imidazole rings is 1. The van der Waals surface area contributed by atoms with Crippen LogP contribution in [0.15, 0.2) is 23.1 Å². The second-order valence-corrected chi connectivity index (χ2v) is 6.00. The highest BCUT2D eigenvalue weighted by Gasteiger charge is 2.23. The molecule has 0 fully saturated rings. The van der Waals surface area contributed by atoms with Gasteiger partial charge in [-0.3, -0.25) is 4.79 Å². The van der Waals surface area contributed by atoms with E-state index in [0.717, 1.165) is 30.8 Å². The molecule has 0 aromatic carbocycles. The number of rotatable bonds is 2. The van der Waals surface area contributed by atoms with E-state index in [9.17, 15) is 4.79 Å². The van der Waals surface area contributed by atoms with E-state index in [2.05, 4.69) is 25.0 Å². The number of carbonyl (C=O) groups excluding carboxylic acids is 1. The van der Waals surface area contributed by atoms with E-state index in [1.165, 1.54) is 0 Å². The third-order valence-corrected chi connectivity index (χ3v) is 4.30. The molecule has 1 N–H and O–H groups in total. The highest BCUT2D eigenvalue weighted by Crippen LogP contribution is 2.22. The average molecular weight is 311 g/mol. The van der Waals surface area contributed by atoms with E-state index in [1.54, 1.807) is 6.07 Å². The molecular weight excluding hydrogens is 294 g/mol. The zero-order chi connectivity index (χ0) is 16.0. The fourth-order valence-electron chi connectivity index (χ4n) is 3.15. The summed E-state index contributed by atoms with van der Waals surface area (Å²) in [4.78, 5) is 21.2. The molecule has 7 heteroatoms. The van der Waals surface area contributed by atoms with Crippen LogP contribution in [0, 0.1) is 13.8 Å². The smallest absolute Gasteiger partial charge is 0.258 e. The first kappa shape index (κ1) is 13.9. The predicted octanol–water partition coefficient (Wildman–Crippen LogP) is 1.78. The van der Waals surface area contributed by atoms with E-state index in [-0.39, 0.29) is 11.9 Å². The van der Waals surface area contributed by atoms with Crippen molar-refractivity contribution < 1.29 is 9.32 Å². The van der Waals surface area contributed by atoms with Crippen LogP contribution in [-0.4, -0.2) is 31.6 Å². The molecule has 1 aliphatic rings. The number of fused-ring (bicyclic) bond motifs is 2. The summed E-state index contributed by atoms with van der Waals surface area (Å²) in [7, 11) is 0. The molecular formula is C16H17N5O2. The first-order chi connectivity index (χ1) is 11.1. The molecule has 23 heavy (non-hydrogen) atoms. The van der Waals surface area contributed by atoms with E-state index in [4.69, 9.17) is 4.52 Å². The van der Waals surface area contributed by atoms with Crippen molar-refractivity contribution in [2.24, 2.45) is 0 Å². The fraction of sp³-hybridized carbons (Fsp3) is 0.375. The molecule has 3 aromatic rings. The van der Waals surface area contributed by atoms with Crippen molar-refractivity contribution in [3.8, 4) is 0 Å². The molecule has 0 saturated heterocycles. The molecule has 3 aromatic heterocycles. The molecule has 1 unspecified atom stereocenters. The Hall–Kier alpha value is -2.70. The molecule has 0 saturated carbocycles. The van der Waals surface area contributed by atoms with Gasteiger partial charge in [-0.25, -0.2) is 9.97 Å². The molecule has 1 aliphatic heterocycles. The minimum atomic E-state index is -0.107.